The molecule has 21 heavy (non-hydrogen) atoms. The summed E-state index contributed by atoms with van der Waals surface area (Å²) in [6.45, 7) is 5.85. The van der Waals surface area contributed by atoms with Crippen LogP contribution in [0.3, 0.4) is 0 Å². The number of benzene rings is 1. The minimum Gasteiger partial charge on any atom is -0.336 e. The topological polar surface area (TPSA) is 52.6 Å². The van der Waals surface area contributed by atoms with Crippen LogP contribution in [-0.2, 0) is 9.59 Å². The van der Waals surface area contributed by atoms with E-state index in [2.05, 4.69) is 37.4 Å². The van der Waals surface area contributed by atoms with Gasteiger partial charge in [-0.05, 0) is 37.6 Å². The number of likely N-dealkylation sites (N-methyl/N-ethyl adjacent to an activating group) is 2. The van der Waals surface area contributed by atoms with Gasteiger partial charge in [0.15, 0.2) is 0 Å². The molecule has 2 rings (SSSR count). The van der Waals surface area contributed by atoms with Crippen LogP contribution in [0, 0.1) is 13.8 Å². The number of aryl methyl sites for hydroxylation is 2. The van der Waals surface area contributed by atoms with Crippen molar-refractivity contribution in [3.05, 3.63) is 34.9 Å². The standard InChI is InChI=1S/C16H23N3O2/c1-11-5-6-13(9-12(11)2)14(17-3)10-19-8-7-18(4)15(20)16(19)21/h5-6,9,14,17H,7-8,10H2,1-4H3. The third-order valence-electron chi connectivity index (χ3n) is 4.21. The lowest BCUT2D eigenvalue weighted by atomic mass is 10.0. The third-order valence-corrected chi connectivity index (χ3v) is 4.21. The first-order chi connectivity index (χ1) is 9.93. The van der Waals surface area contributed by atoms with Crippen LogP contribution < -0.4 is 5.32 Å². The van der Waals surface area contributed by atoms with E-state index in [0.717, 1.165) is 5.56 Å². The van der Waals surface area contributed by atoms with Gasteiger partial charge < -0.3 is 15.1 Å². The van der Waals surface area contributed by atoms with Crippen molar-refractivity contribution in [3.63, 3.8) is 0 Å². The largest absolute Gasteiger partial charge is 0.336 e. The zero-order valence-corrected chi connectivity index (χ0v) is 13.1. The fourth-order valence-corrected chi connectivity index (χ4v) is 2.51. The summed E-state index contributed by atoms with van der Waals surface area (Å²) in [7, 11) is 3.54. The highest BCUT2D eigenvalue weighted by molar-refractivity contribution is 6.35. The molecule has 0 radical (unpaired) electrons. The number of nitrogens with zero attached hydrogens (tertiary/aromatic N) is 2. The quantitative estimate of drug-likeness (QED) is 0.837. The Kier molecular flexibility index (Phi) is 4.63. The molecule has 1 fully saturated rings. The van der Waals surface area contributed by atoms with Gasteiger partial charge in [-0.15, -0.1) is 0 Å². The van der Waals surface area contributed by atoms with Crippen LogP contribution in [0.25, 0.3) is 0 Å². The van der Waals surface area contributed by atoms with E-state index >= 15 is 0 Å². The molecule has 0 aromatic heterocycles. The predicted octanol–water partition coefficient (Wildman–Crippen LogP) is 0.865. The molecule has 0 aliphatic carbocycles. The van der Waals surface area contributed by atoms with Crippen LogP contribution in [0.15, 0.2) is 18.2 Å². The van der Waals surface area contributed by atoms with Crippen LogP contribution in [0.5, 0.6) is 0 Å². The Hall–Kier alpha value is -1.88. The molecule has 5 nitrogen and oxygen atoms in total. The van der Waals surface area contributed by atoms with Gasteiger partial charge in [-0.25, -0.2) is 0 Å². The van der Waals surface area contributed by atoms with Gasteiger partial charge >= 0.3 is 11.8 Å². The van der Waals surface area contributed by atoms with E-state index in [4.69, 9.17) is 0 Å². The molecule has 1 atom stereocenters. The average molecular weight is 289 g/mol. The number of hydrogen-bond acceptors (Lipinski definition) is 3. The number of hydrogen-bond donors (Lipinski definition) is 1. The van der Waals surface area contributed by atoms with Crippen molar-refractivity contribution in [2.24, 2.45) is 0 Å². The number of piperazine rings is 1. The zero-order chi connectivity index (χ0) is 15.6. The van der Waals surface area contributed by atoms with Gasteiger partial charge in [-0.3, -0.25) is 9.59 Å². The number of rotatable bonds is 4. The van der Waals surface area contributed by atoms with Crippen molar-refractivity contribution < 1.29 is 9.59 Å². The lowest BCUT2D eigenvalue weighted by molar-refractivity contribution is -0.155. The first kappa shape index (κ1) is 15.5. The van der Waals surface area contributed by atoms with Gasteiger partial charge in [0, 0.05) is 32.7 Å². The molecule has 1 aromatic carbocycles. The van der Waals surface area contributed by atoms with Crippen LogP contribution in [0.4, 0.5) is 0 Å². The van der Waals surface area contributed by atoms with Crippen molar-refractivity contribution in [1.29, 1.82) is 0 Å². The predicted molar refractivity (Wildman–Crippen MR) is 81.9 cm³/mol. The lowest BCUT2D eigenvalue weighted by Gasteiger charge is -2.34. The summed E-state index contributed by atoms with van der Waals surface area (Å²) >= 11 is 0. The second-order valence-electron chi connectivity index (χ2n) is 5.66. The van der Waals surface area contributed by atoms with Crippen LogP contribution in [0.1, 0.15) is 22.7 Å². The summed E-state index contributed by atoms with van der Waals surface area (Å²) in [4.78, 5) is 26.9. The van der Waals surface area contributed by atoms with Crippen LogP contribution >= 0.6 is 0 Å². The Morgan fingerprint density at radius 1 is 1.14 bits per heavy atom. The van der Waals surface area contributed by atoms with Crippen molar-refractivity contribution in [2.75, 3.05) is 33.7 Å². The Morgan fingerprint density at radius 3 is 2.48 bits per heavy atom. The normalized spacial score (nSPS) is 17.3. The summed E-state index contributed by atoms with van der Waals surface area (Å²) < 4.78 is 0. The number of nitrogens with one attached hydrogen (secondary N) is 1. The van der Waals surface area contributed by atoms with Crippen molar-refractivity contribution in [2.45, 2.75) is 19.9 Å². The summed E-state index contributed by atoms with van der Waals surface area (Å²) in [6.07, 6.45) is 0. The van der Waals surface area contributed by atoms with E-state index in [-0.39, 0.29) is 6.04 Å². The summed E-state index contributed by atoms with van der Waals surface area (Å²) in [6, 6.07) is 6.33. The number of carbonyl (C=O) groups is 2. The fourth-order valence-electron chi connectivity index (χ4n) is 2.51. The molecule has 1 aliphatic rings. The molecule has 0 saturated carbocycles. The fraction of sp³-hybridized carbons (Fsp3) is 0.500. The van der Waals surface area contributed by atoms with Gasteiger partial charge in [0.1, 0.15) is 0 Å². The highest BCUT2D eigenvalue weighted by atomic mass is 16.2. The SMILES string of the molecule is CNC(CN1CCN(C)C(=O)C1=O)c1ccc(C)c(C)c1. The molecule has 1 saturated heterocycles. The van der Waals surface area contributed by atoms with Crippen LogP contribution in [0.2, 0.25) is 0 Å². The Morgan fingerprint density at radius 2 is 1.86 bits per heavy atom. The Bertz CT molecular complexity index is 556. The van der Waals surface area contributed by atoms with Crippen molar-refractivity contribution in [3.8, 4) is 0 Å². The molecule has 1 unspecified atom stereocenters. The molecular weight excluding hydrogens is 266 g/mol. The van der Waals surface area contributed by atoms with E-state index in [1.54, 1.807) is 11.9 Å². The first-order valence-corrected chi connectivity index (χ1v) is 7.22. The molecule has 1 heterocycles. The maximum atomic E-state index is 12.0. The van der Waals surface area contributed by atoms with E-state index in [9.17, 15) is 9.59 Å². The van der Waals surface area contributed by atoms with Crippen LogP contribution in [-0.4, -0.2) is 55.3 Å². The lowest BCUT2D eigenvalue weighted by Crippen LogP contribution is -2.54. The van der Waals surface area contributed by atoms with Crippen molar-refractivity contribution >= 4 is 11.8 Å². The van der Waals surface area contributed by atoms with Gasteiger partial charge in [-0.2, -0.15) is 0 Å². The molecule has 1 aromatic rings. The van der Waals surface area contributed by atoms with Gasteiger partial charge in [0.2, 0.25) is 0 Å². The minimum atomic E-state index is -0.420. The number of amides is 2. The third kappa shape index (κ3) is 3.24. The maximum Gasteiger partial charge on any atom is 0.312 e. The first-order valence-electron chi connectivity index (χ1n) is 7.22. The molecular formula is C16H23N3O2. The van der Waals surface area contributed by atoms with Gasteiger partial charge in [-0.1, -0.05) is 18.2 Å². The minimum absolute atomic E-state index is 0.0319. The maximum absolute atomic E-state index is 12.0. The molecule has 2 amide bonds. The van der Waals surface area contributed by atoms with Gasteiger partial charge in [0.25, 0.3) is 0 Å². The second-order valence-corrected chi connectivity index (χ2v) is 5.66. The van der Waals surface area contributed by atoms with E-state index < -0.39 is 11.8 Å². The van der Waals surface area contributed by atoms with E-state index in [1.165, 1.54) is 16.0 Å². The van der Waals surface area contributed by atoms with E-state index in [1.807, 2.05) is 7.05 Å². The Balaban J connectivity index is 2.13. The van der Waals surface area contributed by atoms with Gasteiger partial charge in [0.05, 0.1) is 0 Å². The highest BCUT2D eigenvalue weighted by Gasteiger charge is 2.31. The molecule has 1 aliphatic heterocycles. The molecule has 1 N–H and O–H groups in total. The molecule has 114 valence electrons. The Labute approximate surface area is 125 Å². The summed E-state index contributed by atoms with van der Waals surface area (Å²) in [5.41, 5.74) is 3.62. The molecule has 0 spiro atoms. The molecule has 5 heteroatoms. The average Bonchev–Trinajstić information content (AvgIpc) is 2.47. The van der Waals surface area contributed by atoms with Crippen molar-refractivity contribution in [1.82, 2.24) is 15.1 Å². The van der Waals surface area contributed by atoms with E-state index in [0.29, 0.717) is 19.6 Å². The molecule has 0 bridgehead atoms. The highest BCUT2D eigenvalue weighted by Crippen LogP contribution is 2.19. The second kappa shape index (κ2) is 6.26. The monoisotopic (exact) mass is 289 g/mol. The zero-order valence-electron chi connectivity index (χ0n) is 13.1. The summed E-state index contributed by atoms with van der Waals surface area (Å²) in [5.74, 6) is -0.830. The number of carbonyl (C=O) groups excluding carboxylic acids is 2. The smallest absolute Gasteiger partial charge is 0.312 e. The summed E-state index contributed by atoms with van der Waals surface area (Å²) in [5, 5.41) is 3.24.